The van der Waals surface area contributed by atoms with Gasteiger partial charge in [0.25, 0.3) is 0 Å². The number of carbonyl (C=O) groups is 1. The largest absolute Gasteiger partial charge is 0.476 e. The van der Waals surface area contributed by atoms with Gasteiger partial charge >= 0.3 is 0 Å². The average molecular weight is 267 g/mol. The van der Waals surface area contributed by atoms with Gasteiger partial charge in [-0.05, 0) is 19.3 Å². The van der Waals surface area contributed by atoms with Gasteiger partial charge in [-0.15, -0.1) is 0 Å². The second-order valence-corrected chi connectivity index (χ2v) is 4.14. The van der Waals surface area contributed by atoms with Gasteiger partial charge in [0.1, 0.15) is 12.0 Å². The lowest BCUT2D eigenvalue weighted by atomic mass is 10.2. The number of amides is 1. The number of primary amides is 1. The first-order valence-corrected chi connectivity index (χ1v) is 6.40. The van der Waals surface area contributed by atoms with E-state index < -0.39 is 0 Å². The van der Waals surface area contributed by atoms with Crippen molar-refractivity contribution in [1.82, 2.24) is 9.97 Å². The van der Waals surface area contributed by atoms with E-state index in [9.17, 15) is 4.79 Å². The molecule has 0 saturated heterocycles. The highest BCUT2D eigenvalue weighted by Crippen LogP contribution is 2.24. The van der Waals surface area contributed by atoms with Crippen LogP contribution in [0.3, 0.4) is 0 Å². The molecule has 1 aromatic heterocycles. The lowest BCUT2D eigenvalue weighted by Crippen LogP contribution is -2.12. The third-order valence-corrected chi connectivity index (χ3v) is 2.43. The topological polar surface area (TPSA) is 116 Å². The SMILES string of the molecule is CCCOc1ncnc(NCCCCC(N)=O)c1N. The van der Waals surface area contributed by atoms with Crippen LogP contribution in [-0.2, 0) is 4.79 Å². The van der Waals surface area contributed by atoms with E-state index in [1.165, 1.54) is 6.33 Å². The first-order valence-electron chi connectivity index (χ1n) is 6.40. The van der Waals surface area contributed by atoms with Gasteiger partial charge in [0.05, 0.1) is 6.61 Å². The summed E-state index contributed by atoms with van der Waals surface area (Å²) in [7, 11) is 0. The van der Waals surface area contributed by atoms with Crippen LogP contribution in [0, 0.1) is 0 Å². The predicted molar refractivity (Wildman–Crippen MR) is 73.8 cm³/mol. The number of anilines is 2. The number of hydrogen-bond donors (Lipinski definition) is 3. The van der Waals surface area contributed by atoms with E-state index in [1.807, 2.05) is 6.92 Å². The number of hydrogen-bond acceptors (Lipinski definition) is 6. The Kier molecular flexibility index (Phi) is 6.42. The zero-order valence-corrected chi connectivity index (χ0v) is 11.2. The van der Waals surface area contributed by atoms with Crippen LogP contribution < -0.4 is 21.5 Å². The van der Waals surface area contributed by atoms with Crippen LogP contribution in [0.1, 0.15) is 32.6 Å². The van der Waals surface area contributed by atoms with Crippen molar-refractivity contribution in [3.05, 3.63) is 6.33 Å². The summed E-state index contributed by atoms with van der Waals surface area (Å²) in [5, 5.41) is 3.10. The molecule has 0 bridgehead atoms. The smallest absolute Gasteiger partial charge is 0.242 e. The van der Waals surface area contributed by atoms with Gasteiger partial charge < -0.3 is 21.5 Å². The Morgan fingerprint density at radius 2 is 2.21 bits per heavy atom. The average Bonchev–Trinajstić information content (AvgIpc) is 2.38. The van der Waals surface area contributed by atoms with Crippen molar-refractivity contribution in [1.29, 1.82) is 0 Å². The number of nitrogens with zero attached hydrogens (tertiary/aromatic N) is 2. The summed E-state index contributed by atoms with van der Waals surface area (Å²) in [5.41, 5.74) is 11.4. The molecule has 1 rings (SSSR count). The standard InChI is InChI=1S/C12H21N5O2/c1-2-7-19-12-10(14)11(16-8-17-12)15-6-4-3-5-9(13)18/h8H,2-7,14H2,1H3,(H2,13,18)(H,15,16,17). The van der Waals surface area contributed by atoms with E-state index in [1.54, 1.807) is 0 Å². The highest BCUT2D eigenvalue weighted by atomic mass is 16.5. The molecule has 0 atom stereocenters. The number of nitrogens with one attached hydrogen (secondary N) is 1. The molecule has 0 aliphatic heterocycles. The molecule has 0 saturated carbocycles. The molecule has 0 spiro atoms. The Morgan fingerprint density at radius 1 is 1.42 bits per heavy atom. The Morgan fingerprint density at radius 3 is 2.89 bits per heavy atom. The summed E-state index contributed by atoms with van der Waals surface area (Å²) in [4.78, 5) is 18.6. The Hall–Kier alpha value is -2.05. The van der Waals surface area contributed by atoms with E-state index >= 15 is 0 Å². The Bertz CT molecular complexity index is 411. The highest BCUT2D eigenvalue weighted by Gasteiger charge is 2.08. The number of aromatic nitrogens is 2. The predicted octanol–water partition coefficient (Wildman–Crippen LogP) is 0.915. The molecule has 106 valence electrons. The van der Waals surface area contributed by atoms with Crippen molar-refractivity contribution < 1.29 is 9.53 Å². The molecule has 0 aliphatic rings. The van der Waals surface area contributed by atoms with Crippen LogP contribution >= 0.6 is 0 Å². The zero-order chi connectivity index (χ0) is 14.1. The fraction of sp³-hybridized carbons (Fsp3) is 0.583. The molecule has 7 nitrogen and oxygen atoms in total. The van der Waals surface area contributed by atoms with E-state index in [4.69, 9.17) is 16.2 Å². The van der Waals surface area contributed by atoms with Crippen molar-refractivity contribution in [3.63, 3.8) is 0 Å². The zero-order valence-electron chi connectivity index (χ0n) is 11.2. The van der Waals surface area contributed by atoms with E-state index in [-0.39, 0.29) is 5.91 Å². The molecule has 0 aliphatic carbocycles. The molecule has 0 aromatic carbocycles. The summed E-state index contributed by atoms with van der Waals surface area (Å²) in [6.07, 6.45) is 4.25. The van der Waals surface area contributed by atoms with Crippen LogP contribution in [0.25, 0.3) is 0 Å². The van der Waals surface area contributed by atoms with Gasteiger partial charge in [0, 0.05) is 13.0 Å². The van der Waals surface area contributed by atoms with Crippen LogP contribution in [-0.4, -0.2) is 29.0 Å². The first-order chi connectivity index (χ1) is 9.15. The van der Waals surface area contributed by atoms with Gasteiger partial charge in [0.2, 0.25) is 11.8 Å². The lowest BCUT2D eigenvalue weighted by Gasteiger charge is -2.11. The summed E-state index contributed by atoms with van der Waals surface area (Å²) >= 11 is 0. The van der Waals surface area contributed by atoms with Crippen LogP contribution in [0.2, 0.25) is 0 Å². The van der Waals surface area contributed by atoms with Crippen LogP contribution in [0.4, 0.5) is 11.5 Å². The van der Waals surface area contributed by atoms with E-state index in [0.717, 1.165) is 19.3 Å². The molecule has 7 heteroatoms. The fourth-order valence-electron chi connectivity index (χ4n) is 1.47. The van der Waals surface area contributed by atoms with Crippen LogP contribution in [0.15, 0.2) is 6.33 Å². The first kappa shape index (κ1) is 15.0. The molecule has 1 amide bonds. The fourth-order valence-corrected chi connectivity index (χ4v) is 1.47. The summed E-state index contributed by atoms with van der Waals surface area (Å²) in [6.45, 7) is 3.25. The van der Waals surface area contributed by atoms with Crippen molar-refractivity contribution in [2.75, 3.05) is 24.2 Å². The summed E-state index contributed by atoms with van der Waals surface area (Å²) < 4.78 is 5.41. The Labute approximate surface area is 112 Å². The van der Waals surface area contributed by atoms with Gasteiger partial charge in [-0.2, -0.15) is 4.98 Å². The molecule has 0 radical (unpaired) electrons. The number of ether oxygens (including phenoxy) is 1. The molecule has 0 fully saturated rings. The van der Waals surface area contributed by atoms with Crippen molar-refractivity contribution in [3.8, 4) is 5.88 Å². The summed E-state index contributed by atoms with van der Waals surface area (Å²) in [5.74, 6) is 0.675. The minimum atomic E-state index is -0.281. The molecular weight excluding hydrogens is 246 g/mol. The minimum absolute atomic E-state index is 0.281. The van der Waals surface area contributed by atoms with Crippen molar-refractivity contribution in [2.24, 2.45) is 5.73 Å². The third-order valence-electron chi connectivity index (χ3n) is 2.43. The number of nitrogen functional groups attached to an aromatic ring is 1. The maximum Gasteiger partial charge on any atom is 0.242 e. The van der Waals surface area contributed by atoms with E-state index in [2.05, 4.69) is 15.3 Å². The molecule has 5 N–H and O–H groups in total. The van der Waals surface area contributed by atoms with Crippen molar-refractivity contribution in [2.45, 2.75) is 32.6 Å². The molecule has 0 unspecified atom stereocenters. The third kappa shape index (κ3) is 5.41. The molecule has 1 aromatic rings. The van der Waals surface area contributed by atoms with Gasteiger partial charge in [-0.3, -0.25) is 4.79 Å². The van der Waals surface area contributed by atoms with Gasteiger partial charge in [-0.1, -0.05) is 6.92 Å². The van der Waals surface area contributed by atoms with Gasteiger partial charge in [0.15, 0.2) is 5.82 Å². The number of nitrogens with two attached hydrogens (primary N) is 2. The number of rotatable bonds is 9. The Balaban J connectivity index is 2.42. The van der Waals surface area contributed by atoms with Crippen molar-refractivity contribution >= 4 is 17.4 Å². The monoisotopic (exact) mass is 267 g/mol. The quantitative estimate of drug-likeness (QED) is 0.573. The maximum absolute atomic E-state index is 10.6. The summed E-state index contributed by atoms with van der Waals surface area (Å²) in [6, 6.07) is 0. The lowest BCUT2D eigenvalue weighted by molar-refractivity contribution is -0.118. The minimum Gasteiger partial charge on any atom is -0.476 e. The molecule has 1 heterocycles. The normalized spacial score (nSPS) is 10.2. The van der Waals surface area contributed by atoms with E-state index in [0.29, 0.717) is 37.0 Å². The molecular formula is C12H21N5O2. The number of carbonyl (C=O) groups excluding carboxylic acids is 1. The van der Waals surface area contributed by atoms with Gasteiger partial charge in [-0.25, -0.2) is 4.98 Å². The maximum atomic E-state index is 10.6. The second-order valence-electron chi connectivity index (χ2n) is 4.14. The second kappa shape index (κ2) is 8.12. The number of unbranched alkanes of at least 4 members (excludes halogenated alkanes) is 1. The van der Waals surface area contributed by atoms with Crippen LogP contribution in [0.5, 0.6) is 5.88 Å². The highest BCUT2D eigenvalue weighted by molar-refractivity contribution is 5.73. The molecule has 19 heavy (non-hydrogen) atoms.